The first-order valence-electron chi connectivity index (χ1n) is 17.4. The number of nitrogens with zero attached hydrogens (tertiary/aromatic N) is 2. The Kier molecular flexibility index (Phi) is 4.48. The van der Waals surface area contributed by atoms with Gasteiger partial charge < -0.3 is 9.80 Å². The summed E-state index contributed by atoms with van der Waals surface area (Å²) < 4.78 is 0. The standard InChI is InChI=1S/C38H41BN2/c1-3-10-24-22(8-1)18-20-28-26-12-5-14-30-37(26)40(35(24)28)32-16-7-17-33-34(32)39(30)31-15-6-13-27-29-21-19-23-9-2-4-11-25(23)36(29)41(33)38(27)31/h5-7,12-17,22-25,28-29,35-36H,1-4,8-11,18-21H2. The number of benzene rings is 3. The minimum atomic E-state index is 0.378. The van der Waals surface area contributed by atoms with Gasteiger partial charge in [-0.25, -0.2) is 0 Å². The van der Waals surface area contributed by atoms with Gasteiger partial charge in [0.25, 0.3) is 6.71 Å². The number of anilines is 4. The van der Waals surface area contributed by atoms with E-state index in [0.29, 0.717) is 30.6 Å². The van der Waals surface area contributed by atoms with E-state index in [1.807, 2.05) is 0 Å². The molecule has 3 heteroatoms. The van der Waals surface area contributed by atoms with Crippen molar-refractivity contribution in [1.82, 2.24) is 0 Å². The largest absolute Gasteiger partial charge is 0.338 e. The predicted octanol–water partition coefficient (Wildman–Crippen LogP) is 7.24. The zero-order valence-corrected chi connectivity index (χ0v) is 24.3. The van der Waals surface area contributed by atoms with E-state index in [0.717, 1.165) is 23.7 Å². The van der Waals surface area contributed by atoms with Crippen LogP contribution in [0, 0.1) is 23.7 Å². The molecule has 2 nitrogen and oxygen atoms in total. The lowest BCUT2D eigenvalue weighted by Crippen LogP contribution is -2.64. The van der Waals surface area contributed by atoms with E-state index in [1.165, 1.54) is 77.0 Å². The normalized spacial score (nSPS) is 36.4. The highest BCUT2D eigenvalue weighted by molar-refractivity contribution is 7.00. The fraction of sp³-hybridized carbons (Fsp3) is 0.526. The van der Waals surface area contributed by atoms with Gasteiger partial charge in [0.2, 0.25) is 0 Å². The van der Waals surface area contributed by atoms with Gasteiger partial charge in [0.05, 0.1) is 0 Å². The highest BCUT2D eigenvalue weighted by Crippen LogP contribution is 2.60. The van der Waals surface area contributed by atoms with Crippen molar-refractivity contribution < 1.29 is 0 Å². The van der Waals surface area contributed by atoms with Crippen LogP contribution < -0.4 is 26.2 Å². The molecular weight excluding hydrogens is 495 g/mol. The third-order valence-electron chi connectivity index (χ3n) is 13.9. The lowest BCUT2D eigenvalue weighted by molar-refractivity contribution is 0.135. The first-order chi connectivity index (χ1) is 20.4. The second-order valence-electron chi connectivity index (χ2n) is 15.2. The molecule has 4 saturated carbocycles. The molecule has 206 valence electrons. The first kappa shape index (κ1) is 22.9. The summed E-state index contributed by atoms with van der Waals surface area (Å²) in [6.07, 6.45) is 17.3. The molecule has 0 N–H and O–H groups in total. The Hall–Kier alpha value is -2.68. The molecule has 0 spiro atoms. The van der Waals surface area contributed by atoms with Gasteiger partial charge in [0.15, 0.2) is 0 Å². The van der Waals surface area contributed by atoms with Crippen LogP contribution in [-0.4, -0.2) is 18.8 Å². The van der Waals surface area contributed by atoms with Gasteiger partial charge in [0.1, 0.15) is 0 Å². The molecule has 4 aliphatic heterocycles. The number of hydrogen-bond donors (Lipinski definition) is 0. The fourth-order valence-corrected chi connectivity index (χ4v) is 12.6. The Morgan fingerprint density at radius 3 is 1.54 bits per heavy atom. The van der Waals surface area contributed by atoms with E-state index in [1.54, 1.807) is 50.3 Å². The molecule has 8 atom stereocenters. The molecule has 41 heavy (non-hydrogen) atoms. The van der Waals surface area contributed by atoms with Crippen LogP contribution in [-0.2, 0) is 0 Å². The number of rotatable bonds is 0. The molecule has 11 rings (SSSR count). The van der Waals surface area contributed by atoms with Gasteiger partial charge in [-0.2, -0.15) is 0 Å². The Balaban J connectivity index is 1.16. The fourth-order valence-electron chi connectivity index (χ4n) is 12.6. The molecule has 0 saturated heterocycles. The van der Waals surface area contributed by atoms with Crippen LogP contribution >= 0.6 is 0 Å². The van der Waals surface area contributed by atoms with Gasteiger partial charge in [-0.15, -0.1) is 0 Å². The molecular formula is C38H41BN2. The molecule has 0 bridgehead atoms. The van der Waals surface area contributed by atoms with Gasteiger partial charge >= 0.3 is 0 Å². The summed E-state index contributed by atoms with van der Waals surface area (Å²) in [6.45, 7) is 0.378. The molecule has 8 unspecified atom stereocenters. The quantitative estimate of drug-likeness (QED) is 0.280. The van der Waals surface area contributed by atoms with E-state index < -0.39 is 0 Å². The summed E-state index contributed by atoms with van der Waals surface area (Å²) in [5.74, 6) is 5.01. The molecule has 4 aliphatic carbocycles. The van der Waals surface area contributed by atoms with Crippen molar-refractivity contribution in [1.29, 1.82) is 0 Å². The molecule has 0 amide bonds. The van der Waals surface area contributed by atoms with Crippen molar-refractivity contribution in [3.05, 3.63) is 65.7 Å². The Morgan fingerprint density at radius 1 is 0.512 bits per heavy atom. The average Bonchev–Trinajstić information content (AvgIpc) is 3.56. The van der Waals surface area contributed by atoms with Crippen LogP contribution in [0.4, 0.5) is 22.7 Å². The van der Waals surface area contributed by atoms with Crippen molar-refractivity contribution >= 4 is 45.9 Å². The lowest BCUT2D eigenvalue weighted by atomic mass is 9.33. The topological polar surface area (TPSA) is 6.48 Å². The monoisotopic (exact) mass is 536 g/mol. The zero-order valence-electron chi connectivity index (χ0n) is 24.3. The maximum Gasteiger partial charge on any atom is 0.252 e. The Bertz CT molecular complexity index is 1500. The predicted molar refractivity (Wildman–Crippen MR) is 171 cm³/mol. The number of para-hydroxylation sites is 2. The van der Waals surface area contributed by atoms with E-state index in [-0.39, 0.29) is 0 Å². The van der Waals surface area contributed by atoms with E-state index in [4.69, 9.17) is 0 Å². The summed E-state index contributed by atoms with van der Waals surface area (Å²) in [5, 5.41) is 0. The molecule has 8 aliphatic rings. The maximum atomic E-state index is 2.96. The Labute approximate surface area is 245 Å². The summed E-state index contributed by atoms with van der Waals surface area (Å²) in [6, 6.07) is 23.8. The van der Waals surface area contributed by atoms with Crippen molar-refractivity contribution in [3.8, 4) is 0 Å². The third kappa shape index (κ3) is 2.70. The average molecular weight is 537 g/mol. The van der Waals surface area contributed by atoms with Crippen LogP contribution in [0.15, 0.2) is 54.6 Å². The van der Waals surface area contributed by atoms with Crippen LogP contribution in [0.5, 0.6) is 0 Å². The molecule has 4 fully saturated rings. The van der Waals surface area contributed by atoms with Crippen LogP contribution in [0.1, 0.15) is 100 Å². The summed E-state index contributed by atoms with van der Waals surface area (Å²) in [7, 11) is 0. The third-order valence-corrected chi connectivity index (χ3v) is 13.9. The summed E-state index contributed by atoms with van der Waals surface area (Å²) >= 11 is 0. The van der Waals surface area contributed by atoms with Crippen LogP contribution in [0.25, 0.3) is 0 Å². The second kappa shape index (κ2) is 8.03. The van der Waals surface area contributed by atoms with Gasteiger partial charge in [0, 0.05) is 46.7 Å². The minimum absolute atomic E-state index is 0.378. The minimum Gasteiger partial charge on any atom is -0.338 e. The maximum absolute atomic E-state index is 2.96. The molecule has 4 heterocycles. The van der Waals surface area contributed by atoms with Crippen LogP contribution in [0.3, 0.4) is 0 Å². The molecule has 3 aromatic rings. The van der Waals surface area contributed by atoms with Crippen molar-refractivity contribution in [3.63, 3.8) is 0 Å². The van der Waals surface area contributed by atoms with Crippen molar-refractivity contribution in [2.45, 2.75) is 101 Å². The smallest absolute Gasteiger partial charge is 0.252 e. The Morgan fingerprint density at radius 2 is 1.00 bits per heavy atom. The van der Waals surface area contributed by atoms with Crippen molar-refractivity contribution in [2.75, 3.05) is 9.80 Å². The van der Waals surface area contributed by atoms with Gasteiger partial charge in [-0.1, -0.05) is 81.0 Å². The van der Waals surface area contributed by atoms with Gasteiger partial charge in [-0.05, 0) is 102 Å². The summed E-state index contributed by atoms with van der Waals surface area (Å²) in [4.78, 5) is 5.92. The summed E-state index contributed by atoms with van der Waals surface area (Å²) in [5.41, 5.74) is 14.6. The first-order valence-corrected chi connectivity index (χ1v) is 17.4. The molecule has 3 aromatic carbocycles. The number of hydrogen-bond acceptors (Lipinski definition) is 2. The van der Waals surface area contributed by atoms with E-state index in [9.17, 15) is 0 Å². The molecule has 0 aromatic heterocycles. The lowest BCUT2D eigenvalue weighted by Gasteiger charge is -2.51. The molecule has 0 radical (unpaired) electrons. The zero-order chi connectivity index (χ0) is 26.4. The number of fused-ring (bicyclic) bond motifs is 14. The van der Waals surface area contributed by atoms with E-state index >= 15 is 0 Å². The highest BCUT2D eigenvalue weighted by Gasteiger charge is 2.57. The highest BCUT2D eigenvalue weighted by atomic mass is 15.2. The van der Waals surface area contributed by atoms with E-state index in [2.05, 4.69) is 64.4 Å². The second-order valence-corrected chi connectivity index (χ2v) is 15.2. The van der Waals surface area contributed by atoms with Crippen LogP contribution in [0.2, 0.25) is 0 Å². The SMILES string of the molecule is c1cc2c3c(c1)C1CCC4CCCCC4C1N3c1cccc3c1B2c1cccc2c1N3C1C2CCC2CCCCC21. The van der Waals surface area contributed by atoms with Crippen molar-refractivity contribution in [2.24, 2.45) is 23.7 Å². The van der Waals surface area contributed by atoms with Gasteiger partial charge in [-0.3, -0.25) is 0 Å².